The molecule has 0 saturated carbocycles. The molecule has 1 atom stereocenters. The van der Waals surface area contributed by atoms with E-state index in [4.69, 9.17) is 4.74 Å². The Morgan fingerprint density at radius 2 is 1.89 bits per heavy atom. The van der Waals surface area contributed by atoms with E-state index in [1.165, 1.54) is 11.1 Å². The average Bonchev–Trinajstić information content (AvgIpc) is 2.67. The van der Waals surface area contributed by atoms with Crippen molar-refractivity contribution in [1.82, 2.24) is 0 Å². The van der Waals surface area contributed by atoms with Crippen LogP contribution in [0.25, 0.3) is 0 Å². The Labute approximate surface area is 136 Å². The quantitative estimate of drug-likeness (QED) is 0.511. The van der Waals surface area contributed by atoms with E-state index in [9.17, 15) is 0 Å². The molecule has 2 aromatic rings. The molecular formula is C13H11Br3OS. The summed E-state index contributed by atoms with van der Waals surface area (Å²) < 4.78 is 7.67. The Morgan fingerprint density at radius 3 is 2.44 bits per heavy atom. The van der Waals surface area contributed by atoms with Crippen LogP contribution in [0, 0.1) is 6.92 Å². The maximum atomic E-state index is 5.44. The summed E-state index contributed by atoms with van der Waals surface area (Å²) >= 11 is 12.5. The molecule has 0 saturated heterocycles. The van der Waals surface area contributed by atoms with Gasteiger partial charge in [-0.3, -0.25) is 0 Å². The van der Waals surface area contributed by atoms with Gasteiger partial charge in [0.05, 0.1) is 19.5 Å². The van der Waals surface area contributed by atoms with Gasteiger partial charge in [0, 0.05) is 5.56 Å². The molecular weight excluding hydrogens is 444 g/mol. The lowest BCUT2D eigenvalue weighted by molar-refractivity contribution is 0.410. The number of ether oxygens (including phenoxy) is 1. The second-order valence-corrected chi connectivity index (χ2v) is 8.55. The number of benzene rings is 1. The molecule has 5 heteroatoms. The third-order valence-corrected chi connectivity index (χ3v) is 5.99. The summed E-state index contributed by atoms with van der Waals surface area (Å²) in [4.78, 5) is 0.115. The SMILES string of the molecule is COc1ccc(C)cc1C(Br)c1cc(Br)sc1Br. The van der Waals surface area contributed by atoms with Crippen molar-refractivity contribution in [3.8, 4) is 5.75 Å². The predicted octanol–water partition coefficient (Wildman–Crippen LogP) is 6.07. The van der Waals surface area contributed by atoms with Crippen LogP contribution in [0.5, 0.6) is 5.75 Å². The van der Waals surface area contributed by atoms with Gasteiger partial charge in [0.2, 0.25) is 0 Å². The molecule has 0 aliphatic heterocycles. The number of methoxy groups -OCH3 is 1. The molecule has 0 aliphatic rings. The van der Waals surface area contributed by atoms with E-state index >= 15 is 0 Å². The lowest BCUT2D eigenvalue weighted by atomic mass is 10.0. The van der Waals surface area contributed by atoms with Crippen LogP contribution in [0.3, 0.4) is 0 Å². The van der Waals surface area contributed by atoms with Gasteiger partial charge in [0.1, 0.15) is 5.75 Å². The van der Waals surface area contributed by atoms with Crippen LogP contribution in [0.15, 0.2) is 31.8 Å². The minimum atomic E-state index is 0.115. The van der Waals surface area contributed by atoms with E-state index in [0.29, 0.717) is 0 Å². The van der Waals surface area contributed by atoms with E-state index in [0.717, 1.165) is 18.9 Å². The van der Waals surface area contributed by atoms with Gasteiger partial charge in [-0.2, -0.15) is 0 Å². The number of hydrogen-bond donors (Lipinski definition) is 0. The maximum absolute atomic E-state index is 5.44. The number of halogens is 3. The first kappa shape index (κ1) is 14.6. The number of alkyl halides is 1. The number of rotatable bonds is 3. The van der Waals surface area contributed by atoms with E-state index in [-0.39, 0.29) is 4.83 Å². The molecule has 0 bridgehead atoms. The lowest BCUT2D eigenvalue weighted by Gasteiger charge is -2.14. The van der Waals surface area contributed by atoms with Crippen LogP contribution in [-0.2, 0) is 0 Å². The molecule has 0 N–H and O–H groups in total. The Kier molecular flexibility index (Phi) is 4.92. The molecule has 0 fully saturated rings. The highest BCUT2D eigenvalue weighted by atomic mass is 79.9. The fraction of sp³-hybridized carbons (Fsp3) is 0.231. The Morgan fingerprint density at radius 1 is 1.17 bits per heavy atom. The van der Waals surface area contributed by atoms with Crippen LogP contribution >= 0.6 is 59.1 Å². The van der Waals surface area contributed by atoms with E-state index in [1.807, 2.05) is 6.07 Å². The molecule has 1 unspecified atom stereocenters. The molecule has 1 heterocycles. The summed E-state index contributed by atoms with van der Waals surface area (Å²) in [6, 6.07) is 8.33. The van der Waals surface area contributed by atoms with Crippen LogP contribution < -0.4 is 4.74 Å². The van der Waals surface area contributed by atoms with Crippen LogP contribution in [0.4, 0.5) is 0 Å². The monoisotopic (exact) mass is 452 g/mol. The molecule has 0 spiro atoms. The predicted molar refractivity (Wildman–Crippen MR) is 88.2 cm³/mol. The second kappa shape index (κ2) is 6.07. The smallest absolute Gasteiger partial charge is 0.123 e. The Balaban J connectivity index is 2.48. The Bertz CT molecular complexity index is 565. The molecule has 96 valence electrons. The van der Waals surface area contributed by atoms with Crippen molar-refractivity contribution in [2.24, 2.45) is 0 Å². The van der Waals surface area contributed by atoms with Gasteiger partial charge >= 0.3 is 0 Å². The molecule has 1 aromatic heterocycles. The standard InChI is InChI=1S/C13H11Br3OS/c1-7-3-4-10(17-2)8(5-7)12(15)9-6-11(14)18-13(9)16/h3-6,12H,1-2H3. The first-order chi connectivity index (χ1) is 8.52. The van der Waals surface area contributed by atoms with Gasteiger partial charge in [-0.25, -0.2) is 0 Å². The second-order valence-electron chi connectivity index (χ2n) is 3.89. The van der Waals surface area contributed by atoms with Gasteiger partial charge in [-0.1, -0.05) is 33.6 Å². The van der Waals surface area contributed by atoms with Gasteiger partial charge in [0.25, 0.3) is 0 Å². The van der Waals surface area contributed by atoms with E-state index in [2.05, 4.69) is 72.9 Å². The number of thiophene rings is 1. The normalized spacial score (nSPS) is 12.5. The summed E-state index contributed by atoms with van der Waals surface area (Å²) in [6.45, 7) is 2.08. The molecule has 18 heavy (non-hydrogen) atoms. The van der Waals surface area contributed by atoms with E-state index < -0.39 is 0 Å². The zero-order valence-electron chi connectivity index (χ0n) is 9.84. The Hall–Kier alpha value is 0.160. The first-order valence-electron chi connectivity index (χ1n) is 5.26. The summed E-state index contributed by atoms with van der Waals surface area (Å²) in [6.07, 6.45) is 0. The van der Waals surface area contributed by atoms with Gasteiger partial charge in [-0.05, 0) is 56.5 Å². The minimum Gasteiger partial charge on any atom is -0.496 e. The third kappa shape index (κ3) is 3.00. The highest BCUT2D eigenvalue weighted by molar-refractivity contribution is 9.12. The fourth-order valence-electron chi connectivity index (χ4n) is 1.75. The molecule has 0 radical (unpaired) electrons. The van der Waals surface area contributed by atoms with Crippen LogP contribution in [0.2, 0.25) is 0 Å². The highest BCUT2D eigenvalue weighted by Crippen LogP contribution is 2.44. The third-order valence-electron chi connectivity index (χ3n) is 2.61. The fourth-order valence-corrected chi connectivity index (χ4v) is 5.82. The first-order valence-corrected chi connectivity index (χ1v) is 8.58. The summed E-state index contributed by atoms with van der Waals surface area (Å²) in [5.41, 5.74) is 3.57. The van der Waals surface area contributed by atoms with Crippen molar-refractivity contribution in [1.29, 1.82) is 0 Å². The summed E-state index contributed by atoms with van der Waals surface area (Å²) in [7, 11) is 1.70. The topological polar surface area (TPSA) is 9.23 Å². The molecule has 0 amide bonds. The van der Waals surface area contributed by atoms with Gasteiger partial charge in [-0.15, -0.1) is 11.3 Å². The summed E-state index contributed by atoms with van der Waals surface area (Å²) in [5, 5.41) is 0. The van der Waals surface area contributed by atoms with Crippen LogP contribution in [0.1, 0.15) is 21.5 Å². The van der Waals surface area contributed by atoms with Crippen molar-refractivity contribution in [3.63, 3.8) is 0 Å². The zero-order valence-corrected chi connectivity index (χ0v) is 15.4. The molecule has 1 nitrogen and oxygen atoms in total. The van der Waals surface area contributed by atoms with Gasteiger partial charge < -0.3 is 4.74 Å². The molecule has 0 aliphatic carbocycles. The number of hydrogen-bond acceptors (Lipinski definition) is 2. The van der Waals surface area contributed by atoms with Crippen molar-refractivity contribution < 1.29 is 4.74 Å². The van der Waals surface area contributed by atoms with Crippen LogP contribution in [-0.4, -0.2) is 7.11 Å². The minimum absolute atomic E-state index is 0.115. The largest absolute Gasteiger partial charge is 0.496 e. The average molecular weight is 455 g/mol. The number of aryl methyl sites for hydroxylation is 1. The van der Waals surface area contributed by atoms with Crippen molar-refractivity contribution in [3.05, 3.63) is 48.5 Å². The molecule has 2 rings (SSSR count). The van der Waals surface area contributed by atoms with Crippen molar-refractivity contribution >= 4 is 59.1 Å². The molecule has 1 aromatic carbocycles. The van der Waals surface area contributed by atoms with Crippen molar-refractivity contribution in [2.45, 2.75) is 11.8 Å². The zero-order chi connectivity index (χ0) is 13.3. The van der Waals surface area contributed by atoms with Crippen molar-refractivity contribution in [2.75, 3.05) is 7.11 Å². The maximum Gasteiger partial charge on any atom is 0.123 e. The lowest BCUT2D eigenvalue weighted by Crippen LogP contribution is -1.97. The summed E-state index contributed by atoms with van der Waals surface area (Å²) in [5.74, 6) is 0.900. The highest BCUT2D eigenvalue weighted by Gasteiger charge is 2.19. The van der Waals surface area contributed by atoms with Gasteiger partial charge in [0.15, 0.2) is 0 Å². The van der Waals surface area contributed by atoms with E-state index in [1.54, 1.807) is 18.4 Å².